The molecule has 2 amide bonds. The first-order valence-electron chi connectivity index (χ1n) is 9.62. The van der Waals surface area contributed by atoms with E-state index in [1.165, 1.54) is 30.9 Å². The third-order valence-corrected chi connectivity index (χ3v) is 5.48. The predicted octanol–water partition coefficient (Wildman–Crippen LogP) is 0.632. The molecule has 0 aliphatic carbocycles. The Morgan fingerprint density at radius 2 is 1.81 bits per heavy atom. The summed E-state index contributed by atoms with van der Waals surface area (Å²) in [5.41, 5.74) is 0.0444. The number of anilines is 2. The number of ether oxygens (including phenoxy) is 1. The molecule has 1 aromatic carbocycles. The summed E-state index contributed by atoms with van der Waals surface area (Å²) in [6.07, 6.45) is 1.47. The van der Waals surface area contributed by atoms with Crippen LogP contribution in [0.5, 0.6) is 5.75 Å². The van der Waals surface area contributed by atoms with E-state index in [0.29, 0.717) is 11.4 Å². The van der Waals surface area contributed by atoms with E-state index >= 15 is 0 Å². The molecule has 1 fully saturated rings. The average Bonchev–Trinajstić information content (AvgIpc) is 3.18. The van der Waals surface area contributed by atoms with Crippen LogP contribution in [0.1, 0.15) is 6.42 Å². The Labute approximate surface area is 176 Å². The van der Waals surface area contributed by atoms with E-state index in [4.69, 9.17) is 4.74 Å². The fourth-order valence-corrected chi connectivity index (χ4v) is 3.72. The fraction of sp³-hybridized carbons (Fsp3) is 0.286. The average molecular weight is 423 g/mol. The quantitative estimate of drug-likeness (QED) is 0.658. The first kappa shape index (κ1) is 20.3. The van der Waals surface area contributed by atoms with Crippen LogP contribution in [0.25, 0.3) is 11.0 Å². The third-order valence-electron chi connectivity index (χ3n) is 5.48. The van der Waals surface area contributed by atoms with Gasteiger partial charge < -0.3 is 15.0 Å². The van der Waals surface area contributed by atoms with Crippen LogP contribution in [0.4, 0.5) is 11.4 Å². The molecule has 1 aliphatic heterocycles. The number of nitrogens with zero attached hydrogens (tertiary/aromatic N) is 4. The standard InChI is InChI=1S/C21H21N5O5/c1-24-18-17(20(29)25(2)21(24)30)15(8-9-22-18)23-19(28)12-10-16(27)26(11-12)13-4-6-14(31-3)7-5-13/h4-9,12H,10-11H2,1-3H3,(H,22,23,28). The van der Waals surface area contributed by atoms with Gasteiger partial charge in [0, 0.05) is 38.9 Å². The number of rotatable bonds is 4. The molecule has 10 heteroatoms. The Bertz CT molecular complexity index is 1310. The molecular weight excluding hydrogens is 402 g/mol. The number of aromatic nitrogens is 3. The van der Waals surface area contributed by atoms with Gasteiger partial charge in [0.1, 0.15) is 11.1 Å². The second-order valence-corrected chi connectivity index (χ2v) is 7.36. The largest absolute Gasteiger partial charge is 0.497 e. The number of methoxy groups -OCH3 is 1. The maximum absolute atomic E-state index is 12.9. The van der Waals surface area contributed by atoms with Crippen molar-refractivity contribution in [1.82, 2.24) is 14.1 Å². The lowest BCUT2D eigenvalue weighted by atomic mass is 10.1. The smallest absolute Gasteiger partial charge is 0.332 e. The van der Waals surface area contributed by atoms with Gasteiger partial charge in [0.05, 0.1) is 18.7 Å². The van der Waals surface area contributed by atoms with Crippen molar-refractivity contribution in [3.05, 3.63) is 57.4 Å². The van der Waals surface area contributed by atoms with Gasteiger partial charge in [0.25, 0.3) is 5.56 Å². The zero-order chi connectivity index (χ0) is 22.3. The molecule has 4 rings (SSSR count). The van der Waals surface area contributed by atoms with Crippen molar-refractivity contribution in [1.29, 1.82) is 0 Å². The van der Waals surface area contributed by atoms with E-state index in [2.05, 4.69) is 10.3 Å². The van der Waals surface area contributed by atoms with E-state index in [-0.39, 0.29) is 41.5 Å². The monoisotopic (exact) mass is 423 g/mol. The SMILES string of the molecule is COc1ccc(N2CC(C(=O)Nc3ccnc4c3c(=O)n(C)c(=O)n4C)CC2=O)cc1. The van der Waals surface area contributed by atoms with Crippen molar-refractivity contribution in [3.63, 3.8) is 0 Å². The van der Waals surface area contributed by atoms with E-state index < -0.39 is 17.2 Å². The normalized spacial score (nSPS) is 16.0. The molecule has 1 unspecified atom stereocenters. The number of fused-ring (bicyclic) bond motifs is 1. The molecule has 1 atom stereocenters. The van der Waals surface area contributed by atoms with Crippen LogP contribution >= 0.6 is 0 Å². The number of benzene rings is 1. The van der Waals surface area contributed by atoms with Crippen LogP contribution in [0.2, 0.25) is 0 Å². The lowest BCUT2D eigenvalue weighted by Crippen LogP contribution is -2.38. The topological polar surface area (TPSA) is 116 Å². The summed E-state index contributed by atoms with van der Waals surface area (Å²) in [4.78, 5) is 55.9. The number of carbonyl (C=O) groups is 2. The summed E-state index contributed by atoms with van der Waals surface area (Å²) in [5.74, 6) is -0.463. The second kappa shape index (κ2) is 7.71. The molecule has 10 nitrogen and oxygen atoms in total. The van der Waals surface area contributed by atoms with Crippen molar-refractivity contribution >= 4 is 34.2 Å². The van der Waals surface area contributed by atoms with E-state index in [0.717, 1.165) is 4.57 Å². The molecule has 31 heavy (non-hydrogen) atoms. The molecule has 0 bridgehead atoms. The van der Waals surface area contributed by atoms with Gasteiger partial charge in [-0.1, -0.05) is 0 Å². The number of aryl methyl sites for hydroxylation is 1. The summed E-state index contributed by atoms with van der Waals surface area (Å²) in [6, 6.07) is 8.53. The minimum Gasteiger partial charge on any atom is -0.497 e. The number of amides is 2. The lowest BCUT2D eigenvalue weighted by Gasteiger charge is -2.17. The van der Waals surface area contributed by atoms with Gasteiger partial charge >= 0.3 is 5.69 Å². The van der Waals surface area contributed by atoms with Crippen LogP contribution < -0.4 is 26.2 Å². The third kappa shape index (κ3) is 3.45. The summed E-state index contributed by atoms with van der Waals surface area (Å²) in [6.45, 7) is 0.219. The van der Waals surface area contributed by atoms with Gasteiger partial charge in [0.15, 0.2) is 5.65 Å². The molecule has 3 aromatic rings. The maximum atomic E-state index is 12.9. The Balaban J connectivity index is 1.60. The minimum absolute atomic E-state index is 0.0530. The predicted molar refractivity (Wildman–Crippen MR) is 114 cm³/mol. The van der Waals surface area contributed by atoms with Crippen LogP contribution in [-0.4, -0.2) is 39.6 Å². The van der Waals surface area contributed by atoms with E-state index in [9.17, 15) is 19.2 Å². The molecular formula is C21H21N5O5. The highest BCUT2D eigenvalue weighted by Crippen LogP contribution is 2.28. The minimum atomic E-state index is -0.589. The fourth-order valence-electron chi connectivity index (χ4n) is 3.72. The number of hydrogen-bond acceptors (Lipinski definition) is 6. The number of pyridine rings is 1. The highest BCUT2D eigenvalue weighted by molar-refractivity contribution is 6.06. The van der Waals surface area contributed by atoms with Crippen LogP contribution in [0, 0.1) is 5.92 Å². The number of hydrogen-bond donors (Lipinski definition) is 1. The first-order valence-corrected chi connectivity index (χ1v) is 9.62. The van der Waals surface area contributed by atoms with Gasteiger partial charge in [0.2, 0.25) is 11.8 Å². The molecule has 3 heterocycles. The number of nitrogens with one attached hydrogen (secondary N) is 1. The van der Waals surface area contributed by atoms with Gasteiger partial charge in [-0.15, -0.1) is 0 Å². The zero-order valence-electron chi connectivity index (χ0n) is 17.3. The van der Waals surface area contributed by atoms with Gasteiger partial charge in [-0.3, -0.25) is 23.5 Å². The van der Waals surface area contributed by atoms with Gasteiger partial charge in [-0.05, 0) is 30.3 Å². The van der Waals surface area contributed by atoms with Crippen molar-refractivity contribution in [2.24, 2.45) is 20.0 Å². The van der Waals surface area contributed by atoms with E-state index in [1.54, 1.807) is 36.3 Å². The zero-order valence-corrected chi connectivity index (χ0v) is 17.3. The Morgan fingerprint density at radius 3 is 2.48 bits per heavy atom. The van der Waals surface area contributed by atoms with Crippen molar-refractivity contribution < 1.29 is 14.3 Å². The molecule has 1 N–H and O–H groups in total. The Morgan fingerprint density at radius 1 is 1.10 bits per heavy atom. The summed E-state index contributed by atoms with van der Waals surface area (Å²) in [7, 11) is 4.43. The summed E-state index contributed by atoms with van der Waals surface area (Å²) in [5, 5.41) is 2.88. The molecule has 1 aliphatic rings. The lowest BCUT2D eigenvalue weighted by molar-refractivity contribution is -0.122. The Hall–Kier alpha value is -3.95. The molecule has 160 valence electrons. The molecule has 0 saturated carbocycles. The highest BCUT2D eigenvalue weighted by atomic mass is 16.5. The van der Waals surface area contributed by atoms with Crippen molar-refractivity contribution in [2.45, 2.75) is 6.42 Å². The van der Waals surface area contributed by atoms with Gasteiger partial charge in [-0.25, -0.2) is 9.78 Å². The second-order valence-electron chi connectivity index (χ2n) is 7.36. The van der Waals surface area contributed by atoms with Crippen LogP contribution in [0.3, 0.4) is 0 Å². The van der Waals surface area contributed by atoms with E-state index in [1.807, 2.05) is 0 Å². The van der Waals surface area contributed by atoms with Crippen molar-refractivity contribution in [3.8, 4) is 5.75 Å². The molecule has 2 aromatic heterocycles. The Kier molecular flexibility index (Phi) is 5.05. The maximum Gasteiger partial charge on any atom is 0.332 e. The molecule has 0 spiro atoms. The molecule has 0 radical (unpaired) electrons. The van der Waals surface area contributed by atoms with Crippen LogP contribution in [0.15, 0.2) is 46.1 Å². The first-order chi connectivity index (χ1) is 14.8. The molecule has 1 saturated heterocycles. The van der Waals surface area contributed by atoms with Crippen molar-refractivity contribution in [2.75, 3.05) is 23.9 Å². The highest BCUT2D eigenvalue weighted by Gasteiger charge is 2.35. The number of carbonyl (C=O) groups excluding carboxylic acids is 2. The summed E-state index contributed by atoms with van der Waals surface area (Å²) >= 11 is 0. The van der Waals surface area contributed by atoms with Crippen LogP contribution in [-0.2, 0) is 23.7 Å². The van der Waals surface area contributed by atoms with Gasteiger partial charge in [-0.2, -0.15) is 0 Å². The summed E-state index contributed by atoms with van der Waals surface area (Å²) < 4.78 is 7.34.